The summed E-state index contributed by atoms with van der Waals surface area (Å²) in [6.45, 7) is 4.35. The summed E-state index contributed by atoms with van der Waals surface area (Å²) >= 11 is 0. The summed E-state index contributed by atoms with van der Waals surface area (Å²) in [5, 5.41) is 5.47. The van der Waals surface area contributed by atoms with Gasteiger partial charge in [-0.2, -0.15) is 0 Å². The van der Waals surface area contributed by atoms with Crippen LogP contribution in [0.3, 0.4) is 0 Å². The maximum atomic E-state index is 13.4. The third-order valence-electron chi connectivity index (χ3n) is 6.28. The van der Waals surface area contributed by atoms with Crippen molar-refractivity contribution in [3.05, 3.63) is 48.0 Å². The van der Waals surface area contributed by atoms with Crippen molar-refractivity contribution in [1.82, 2.24) is 10.2 Å². The average Bonchev–Trinajstić information content (AvgIpc) is 3.32. The Morgan fingerprint density at radius 3 is 2.55 bits per heavy atom. The van der Waals surface area contributed by atoms with E-state index >= 15 is 0 Å². The average molecular weight is 450 g/mol. The summed E-state index contributed by atoms with van der Waals surface area (Å²) in [5.41, 5.74) is -1.12. The summed E-state index contributed by atoms with van der Waals surface area (Å²) in [7, 11) is 0. The Morgan fingerprint density at radius 1 is 1.03 bits per heavy atom. The summed E-state index contributed by atoms with van der Waals surface area (Å²) in [5.74, 6) is -0.469. The van der Waals surface area contributed by atoms with E-state index < -0.39 is 35.5 Å². The lowest BCUT2D eigenvalue weighted by atomic mass is 9.91. The molecule has 170 valence electrons. The van der Waals surface area contributed by atoms with Crippen LogP contribution in [0.1, 0.15) is 26.3 Å². The lowest BCUT2D eigenvalue weighted by molar-refractivity contribution is -0.134. The zero-order valence-electron chi connectivity index (χ0n) is 18.3. The highest BCUT2D eigenvalue weighted by Gasteiger charge is 2.51. The molecular weight excluding hydrogens is 428 g/mol. The molecule has 1 fully saturated rings. The van der Waals surface area contributed by atoms with Gasteiger partial charge >= 0.3 is 6.03 Å². The van der Waals surface area contributed by atoms with Crippen LogP contribution in [0.2, 0.25) is 0 Å². The van der Waals surface area contributed by atoms with Crippen LogP contribution in [0.4, 0.5) is 16.2 Å². The smallest absolute Gasteiger partial charge is 0.325 e. The quantitative estimate of drug-likeness (QED) is 0.691. The second-order valence-corrected chi connectivity index (χ2v) is 8.77. The number of amides is 5. The number of hydrogen-bond acceptors (Lipinski definition) is 6. The van der Waals surface area contributed by atoms with Gasteiger partial charge in [0.05, 0.1) is 11.4 Å². The molecule has 2 N–H and O–H groups in total. The minimum atomic E-state index is -1.38. The van der Waals surface area contributed by atoms with Crippen LogP contribution in [0, 0.1) is 0 Å². The molecule has 3 heterocycles. The fourth-order valence-electron chi connectivity index (χ4n) is 4.35. The SMILES string of the molecule is CC1(C)C(=O)Nc2ccccc2N1C(=O)CN1C(=O)N[C@](C)(c2ccc3c(c2)OCO3)C1=O. The molecular formula is C23H22N4O6. The number of hydrogen-bond donors (Lipinski definition) is 2. The van der Waals surface area contributed by atoms with E-state index in [4.69, 9.17) is 9.47 Å². The molecule has 33 heavy (non-hydrogen) atoms. The molecule has 2 aromatic carbocycles. The summed E-state index contributed by atoms with van der Waals surface area (Å²) in [6, 6.07) is 11.2. The first-order chi connectivity index (χ1) is 15.6. The Hall–Kier alpha value is -4.08. The Morgan fingerprint density at radius 2 is 1.76 bits per heavy atom. The van der Waals surface area contributed by atoms with Gasteiger partial charge in [-0.05, 0) is 50.6 Å². The van der Waals surface area contributed by atoms with Gasteiger partial charge in [0, 0.05) is 0 Å². The number of nitrogens with zero attached hydrogens (tertiary/aromatic N) is 2. The summed E-state index contributed by atoms with van der Waals surface area (Å²) in [4.78, 5) is 54.4. The molecule has 0 radical (unpaired) electrons. The van der Waals surface area contributed by atoms with Crippen LogP contribution in [-0.4, -0.2) is 47.5 Å². The van der Waals surface area contributed by atoms with Crippen LogP contribution in [0.15, 0.2) is 42.5 Å². The molecule has 10 nitrogen and oxygen atoms in total. The summed E-state index contributed by atoms with van der Waals surface area (Å²) < 4.78 is 10.7. The van der Waals surface area contributed by atoms with Crippen molar-refractivity contribution in [1.29, 1.82) is 0 Å². The third-order valence-corrected chi connectivity index (χ3v) is 6.28. The fraction of sp³-hybridized carbons (Fsp3) is 0.304. The minimum absolute atomic E-state index is 0.0805. The number of carbonyl (C=O) groups is 4. The van der Waals surface area contributed by atoms with Gasteiger partial charge in [0.15, 0.2) is 11.5 Å². The molecule has 0 aliphatic carbocycles. The Labute approximate surface area is 189 Å². The van der Waals surface area contributed by atoms with Gasteiger partial charge in [0.25, 0.3) is 5.91 Å². The highest BCUT2D eigenvalue weighted by molar-refractivity contribution is 6.16. The van der Waals surface area contributed by atoms with E-state index in [1.54, 1.807) is 63.2 Å². The lowest BCUT2D eigenvalue weighted by Crippen LogP contribution is -2.60. The molecule has 0 bridgehead atoms. The molecule has 0 spiro atoms. The van der Waals surface area contributed by atoms with E-state index in [1.165, 1.54) is 4.90 Å². The highest BCUT2D eigenvalue weighted by Crippen LogP contribution is 2.39. The molecule has 1 atom stereocenters. The fourth-order valence-corrected chi connectivity index (χ4v) is 4.35. The maximum absolute atomic E-state index is 13.4. The van der Waals surface area contributed by atoms with Crippen LogP contribution in [-0.2, 0) is 19.9 Å². The minimum Gasteiger partial charge on any atom is -0.454 e. The van der Waals surface area contributed by atoms with Gasteiger partial charge < -0.3 is 20.1 Å². The molecule has 10 heteroatoms. The van der Waals surface area contributed by atoms with E-state index in [2.05, 4.69) is 10.6 Å². The topological polar surface area (TPSA) is 117 Å². The van der Waals surface area contributed by atoms with Crippen molar-refractivity contribution in [2.24, 2.45) is 0 Å². The van der Waals surface area contributed by atoms with Crippen molar-refractivity contribution >= 4 is 35.1 Å². The van der Waals surface area contributed by atoms with Gasteiger partial charge in [-0.25, -0.2) is 4.79 Å². The van der Waals surface area contributed by atoms with Gasteiger partial charge in [-0.1, -0.05) is 18.2 Å². The number of nitrogens with one attached hydrogen (secondary N) is 2. The van der Waals surface area contributed by atoms with Crippen LogP contribution in [0.25, 0.3) is 0 Å². The summed E-state index contributed by atoms with van der Waals surface area (Å²) in [6.07, 6.45) is 0. The van der Waals surface area contributed by atoms with Crippen molar-refractivity contribution in [2.75, 3.05) is 23.6 Å². The molecule has 3 aliphatic heterocycles. The van der Waals surface area contributed by atoms with Crippen LogP contribution in [0.5, 0.6) is 11.5 Å². The first kappa shape index (κ1) is 20.8. The number of fused-ring (bicyclic) bond motifs is 2. The second kappa shape index (κ2) is 6.96. The third kappa shape index (κ3) is 3.01. The van der Waals surface area contributed by atoms with Crippen molar-refractivity contribution in [3.63, 3.8) is 0 Å². The van der Waals surface area contributed by atoms with Gasteiger partial charge in [-0.15, -0.1) is 0 Å². The monoisotopic (exact) mass is 450 g/mol. The normalized spacial score (nSPS) is 22.7. The molecule has 3 aliphatic rings. The predicted molar refractivity (Wildman–Crippen MR) is 117 cm³/mol. The van der Waals surface area contributed by atoms with E-state index in [9.17, 15) is 19.2 Å². The van der Waals surface area contributed by atoms with E-state index in [0.717, 1.165) is 4.90 Å². The molecule has 5 rings (SSSR count). The van der Waals surface area contributed by atoms with Crippen molar-refractivity contribution in [3.8, 4) is 11.5 Å². The second-order valence-electron chi connectivity index (χ2n) is 8.77. The van der Waals surface area contributed by atoms with Gasteiger partial charge in [0.1, 0.15) is 17.6 Å². The molecule has 5 amide bonds. The Bertz CT molecular complexity index is 1230. The van der Waals surface area contributed by atoms with Crippen molar-refractivity contribution in [2.45, 2.75) is 31.8 Å². The van der Waals surface area contributed by atoms with E-state index in [-0.39, 0.29) is 12.7 Å². The van der Waals surface area contributed by atoms with Gasteiger partial charge in [0.2, 0.25) is 18.6 Å². The number of imide groups is 1. The number of ether oxygens (including phenoxy) is 2. The number of benzene rings is 2. The standard InChI is InChI=1S/C23H22N4O6/c1-22(2)19(29)24-14-6-4-5-7-15(14)27(22)18(28)11-26-20(30)23(3,25-21(26)31)13-8-9-16-17(10-13)33-12-32-16/h4-10H,11-12H2,1-3H3,(H,24,29)(H,25,31)/t23-/m1/s1. The number of rotatable bonds is 3. The van der Waals surface area contributed by atoms with Crippen LogP contribution < -0.4 is 25.0 Å². The number of carbonyl (C=O) groups excluding carboxylic acids is 4. The number of urea groups is 1. The number of anilines is 2. The first-order valence-corrected chi connectivity index (χ1v) is 10.4. The number of para-hydroxylation sites is 2. The zero-order chi connectivity index (χ0) is 23.5. The maximum Gasteiger partial charge on any atom is 0.325 e. The largest absolute Gasteiger partial charge is 0.454 e. The highest BCUT2D eigenvalue weighted by atomic mass is 16.7. The Kier molecular flexibility index (Phi) is 4.39. The molecule has 1 saturated heterocycles. The molecule has 0 unspecified atom stereocenters. The van der Waals surface area contributed by atoms with Crippen LogP contribution >= 0.6 is 0 Å². The zero-order valence-corrected chi connectivity index (χ0v) is 18.3. The molecule has 2 aromatic rings. The van der Waals surface area contributed by atoms with Gasteiger partial charge in [-0.3, -0.25) is 24.2 Å². The van der Waals surface area contributed by atoms with E-state index in [0.29, 0.717) is 28.4 Å². The lowest BCUT2D eigenvalue weighted by Gasteiger charge is -2.42. The Balaban J connectivity index is 1.44. The predicted octanol–water partition coefficient (Wildman–Crippen LogP) is 1.95. The molecule has 0 aromatic heterocycles. The molecule has 0 saturated carbocycles. The first-order valence-electron chi connectivity index (χ1n) is 10.4. The van der Waals surface area contributed by atoms with Crippen molar-refractivity contribution < 1.29 is 28.7 Å². The van der Waals surface area contributed by atoms with E-state index in [1.807, 2.05) is 0 Å².